The summed E-state index contributed by atoms with van der Waals surface area (Å²) in [7, 11) is 1.63. The monoisotopic (exact) mass is 444 g/mol. The van der Waals surface area contributed by atoms with Crippen molar-refractivity contribution in [2.75, 3.05) is 12.9 Å². The molecule has 32 heavy (non-hydrogen) atoms. The molecule has 4 rings (SSSR count). The fourth-order valence-corrected chi connectivity index (χ4v) is 3.64. The Morgan fingerprint density at radius 1 is 1.09 bits per heavy atom. The van der Waals surface area contributed by atoms with E-state index in [1.54, 1.807) is 31.8 Å². The molecule has 160 valence electrons. The van der Waals surface area contributed by atoms with Gasteiger partial charge in [0.15, 0.2) is 11.0 Å². The van der Waals surface area contributed by atoms with Crippen LogP contribution in [0.1, 0.15) is 5.56 Å². The number of hydrazone groups is 1. The van der Waals surface area contributed by atoms with Crippen LogP contribution in [-0.2, 0) is 4.79 Å². The number of hydrogen-bond acceptors (Lipinski definition) is 7. The van der Waals surface area contributed by atoms with E-state index in [1.165, 1.54) is 11.8 Å². The molecule has 0 bridgehead atoms. The van der Waals surface area contributed by atoms with Crippen LogP contribution in [0, 0.1) is 0 Å². The minimum Gasteiger partial charge on any atom is -0.497 e. The Balaban J connectivity index is 1.51. The lowest BCUT2D eigenvalue weighted by Crippen LogP contribution is -2.20. The number of aromatic nitrogens is 4. The SMILES string of the molecule is COc1ccc(-c2nnc(SCC(=O)NN=Cc3cccnc3)n2-c2ccccc2)cc1. The molecule has 0 unspecified atom stereocenters. The van der Waals surface area contributed by atoms with Gasteiger partial charge in [0.1, 0.15) is 5.75 Å². The van der Waals surface area contributed by atoms with Crippen molar-refractivity contribution in [3.8, 4) is 22.8 Å². The van der Waals surface area contributed by atoms with Crippen molar-refractivity contribution >= 4 is 23.9 Å². The predicted molar refractivity (Wildman–Crippen MR) is 124 cm³/mol. The van der Waals surface area contributed by atoms with E-state index in [9.17, 15) is 4.79 Å². The van der Waals surface area contributed by atoms with Gasteiger partial charge in [0.05, 0.1) is 19.1 Å². The molecule has 1 amide bonds. The third-order valence-corrected chi connectivity index (χ3v) is 5.34. The van der Waals surface area contributed by atoms with Gasteiger partial charge in [-0.15, -0.1) is 10.2 Å². The molecule has 2 aromatic carbocycles. The minimum absolute atomic E-state index is 0.137. The Bertz CT molecular complexity index is 1190. The highest BCUT2D eigenvalue weighted by molar-refractivity contribution is 7.99. The van der Waals surface area contributed by atoms with E-state index in [2.05, 4.69) is 25.7 Å². The van der Waals surface area contributed by atoms with Crippen molar-refractivity contribution < 1.29 is 9.53 Å². The first-order valence-corrected chi connectivity index (χ1v) is 10.7. The van der Waals surface area contributed by atoms with Crippen molar-refractivity contribution in [2.24, 2.45) is 5.10 Å². The number of para-hydroxylation sites is 1. The number of nitrogens with one attached hydrogen (secondary N) is 1. The Kier molecular flexibility index (Phi) is 6.88. The van der Waals surface area contributed by atoms with Crippen LogP contribution in [-0.4, -0.2) is 44.7 Å². The standard InChI is InChI=1S/C23H20N6O2S/c1-31-20-11-9-18(10-12-20)22-27-28-23(29(22)19-7-3-2-4-8-19)32-16-21(30)26-25-15-17-6-5-13-24-14-17/h2-15H,16H2,1H3,(H,26,30). The Morgan fingerprint density at radius 3 is 2.62 bits per heavy atom. The average molecular weight is 445 g/mol. The second-order valence-corrected chi connectivity index (χ2v) is 7.52. The maximum Gasteiger partial charge on any atom is 0.250 e. The van der Waals surface area contributed by atoms with Crippen LogP contribution < -0.4 is 10.2 Å². The molecule has 2 aromatic heterocycles. The molecule has 4 aromatic rings. The number of carbonyl (C=O) groups is 1. The molecular weight excluding hydrogens is 424 g/mol. The summed E-state index contributed by atoms with van der Waals surface area (Å²) in [5.41, 5.74) is 5.11. The number of thioether (sulfide) groups is 1. The van der Waals surface area contributed by atoms with E-state index in [0.717, 1.165) is 22.6 Å². The van der Waals surface area contributed by atoms with Gasteiger partial charge in [0.25, 0.3) is 5.91 Å². The zero-order valence-corrected chi connectivity index (χ0v) is 18.1. The fourth-order valence-electron chi connectivity index (χ4n) is 2.89. The van der Waals surface area contributed by atoms with Gasteiger partial charge in [-0.1, -0.05) is 36.0 Å². The summed E-state index contributed by atoms with van der Waals surface area (Å²) in [5, 5.41) is 13.3. The van der Waals surface area contributed by atoms with E-state index < -0.39 is 0 Å². The van der Waals surface area contributed by atoms with Gasteiger partial charge in [-0.3, -0.25) is 14.3 Å². The molecule has 0 aliphatic carbocycles. The number of methoxy groups -OCH3 is 1. The van der Waals surface area contributed by atoms with Crippen LogP contribution in [0.15, 0.2) is 89.4 Å². The number of benzene rings is 2. The van der Waals surface area contributed by atoms with Crippen molar-refractivity contribution in [2.45, 2.75) is 5.16 Å². The molecule has 1 N–H and O–H groups in total. The topological polar surface area (TPSA) is 94.3 Å². The number of rotatable bonds is 8. The first-order chi connectivity index (χ1) is 15.7. The summed E-state index contributed by atoms with van der Waals surface area (Å²) < 4.78 is 7.17. The van der Waals surface area contributed by atoms with E-state index in [4.69, 9.17) is 4.74 Å². The Morgan fingerprint density at radius 2 is 1.91 bits per heavy atom. The lowest BCUT2D eigenvalue weighted by molar-refractivity contribution is -0.118. The summed E-state index contributed by atoms with van der Waals surface area (Å²) in [6.07, 6.45) is 4.88. The van der Waals surface area contributed by atoms with Crippen molar-refractivity contribution in [1.29, 1.82) is 0 Å². The fraction of sp³-hybridized carbons (Fsp3) is 0.0870. The van der Waals surface area contributed by atoms with Crippen LogP contribution in [0.25, 0.3) is 17.1 Å². The highest BCUT2D eigenvalue weighted by atomic mass is 32.2. The summed E-state index contributed by atoms with van der Waals surface area (Å²) in [5.74, 6) is 1.33. The van der Waals surface area contributed by atoms with Crippen LogP contribution >= 0.6 is 11.8 Å². The number of ether oxygens (including phenoxy) is 1. The first kappa shape index (κ1) is 21.3. The zero-order chi connectivity index (χ0) is 22.2. The minimum atomic E-state index is -0.247. The molecule has 2 heterocycles. The van der Waals surface area contributed by atoms with Gasteiger partial charge >= 0.3 is 0 Å². The summed E-state index contributed by atoms with van der Waals surface area (Å²) in [6.45, 7) is 0. The van der Waals surface area contributed by atoms with Gasteiger partial charge in [-0.05, 0) is 42.5 Å². The van der Waals surface area contributed by atoms with Gasteiger partial charge in [-0.2, -0.15) is 5.10 Å². The highest BCUT2D eigenvalue weighted by Gasteiger charge is 2.17. The molecule has 0 radical (unpaired) electrons. The second kappa shape index (κ2) is 10.4. The second-order valence-electron chi connectivity index (χ2n) is 6.57. The largest absolute Gasteiger partial charge is 0.497 e. The smallest absolute Gasteiger partial charge is 0.250 e. The van der Waals surface area contributed by atoms with Gasteiger partial charge < -0.3 is 4.74 Å². The molecular formula is C23H20N6O2S. The normalized spacial score (nSPS) is 10.9. The molecule has 0 atom stereocenters. The number of nitrogens with zero attached hydrogens (tertiary/aromatic N) is 5. The lowest BCUT2D eigenvalue weighted by atomic mass is 10.2. The highest BCUT2D eigenvalue weighted by Crippen LogP contribution is 2.28. The van der Waals surface area contributed by atoms with E-state index >= 15 is 0 Å². The van der Waals surface area contributed by atoms with E-state index in [0.29, 0.717) is 11.0 Å². The summed E-state index contributed by atoms with van der Waals surface area (Å²) in [6, 6.07) is 21.0. The summed E-state index contributed by atoms with van der Waals surface area (Å²) in [4.78, 5) is 16.3. The van der Waals surface area contributed by atoms with Crippen molar-refractivity contribution in [3.05, 3.63) is 84.7 Å². The third-order valence-electron chi connectivity index (χ3n) is 4.42. The van der Waals surface area contributed by atoms with Crippen LogP contribution in [0.5, 0.6) is 5.75 Å². The lowest BCUT2D eigenvalue weighted by Gasteiger charge is -2.10. The van der Waals surface area contributed by atoms with Gasteiger partial charge in [0.2, 0.25) is 0 Å². The quantitative estimate of drug-likeness (QED) is 0.254. The average Bonchev–Trinajstić information content (AvgIpc) is 3.28. The van der Waals surface area contributed by atoms with E-state index in [-0.39, 0.29) is 11.7 Å². The Labute approximate surface area is 189 Å². The molecule has 0 spiro atoms. The predicted octanol–water partition coefficient (Wildman–Crippen LogP) is 3.58. The molecule has 0 aliphatic heterocycles. The first-order valence-electron chi connectivity index (χ1n) is 9.74. The van der Waals surface area contributed by atoms with Gasteiger partial charge in [0, 0.05) is 29.2 Å². The number of hydrogen-bond donors (Lipinski definition) is 1. The van der Waals surface area contributed by atoms with Crippen molar-refractivity contribution in [3.63, 3.8) is 0 Å². The van der Waals surface area contributed by atoms with Gasteiger partial charge in [-0.25, -0.2) is 5.43 Å². The zero-order valence-electron chi connectivity index (χ0n) is 17.3. The van der Waals surface area contributed by atoms with Crippen LogP contribution in [0.4, 0.5) is 0 Å². The molecule has 0 saturated heterocycles. The van der Waals surface area contributed by atoms with Crippen molar-refractivity contribution in [1.82, 2.24) is 25.2 Å². The number of pyridine rings is 1. The molecule has 9 heteroatoms. The van der Waals surface area contributed by atoms with E-state index in [1.807, 2.05) is 65.2 Å². The maximum absolute atomic E-state index is 12.3. The molecule has 0 aliphatic rings. The summed E-state index contributed by atoms with van der Waals surface area (Å²) >= 11 is 1.29. The third kappa shape index (κ3) is 5.19. The Hall–Kier alpha value is -3.98. The molecule has 0 fully saturated rings. The molecule has 0 saturated carbocycles. The number of amides is 1. The molecule has 8 nitrogen and oxygen atoms in total. The number of carbonyl (C=O) groups excluding carboxylic acids is 1. The van der Waals surface area contributed by atoms with Crippen LogP contribution in [0.2, 0.25) is 0 Å². The van der Waals surface area contributed by atoms with Crippen LogP contribution in [0.3, 0.4) is 0 Å². The maximum atomic E-state index is 12.3.